The first-order chi connectivity index (χ1) is 5.61. The van der Waals surface area contributed by atoms with Gasteiger partial charge in [-0.15, -0.1) is 0 Å². The van der Waals surface area contributed by atoms with E-state index in [-0.39, 0.29) is 6.13 Å². The lowest BCUT2D eigenvalue weighted by molar-refractivity contribution is 0.867. The van der Waals surface area contributed by atoms with Gasteiger partial charge in [0.05, 0.1) is 0 Å². The third-order valence-corrected chi connectivity index (χ3v) is 2.31. The van der Waals surface area contributed by atoms with Crippen LogP contribution in [-0.4, -0.2) is 6.13 Å². The Morgan fingerprint density at radius 3 is 2.00 bits per heavy atom. The zero-order valence-electron chi connectivity index (χ0n) is 7.84. The molecule has 1 aromatic rings. The van der Waals surface area contributed by atoms with Gasteiger partial charge in [-0.1, -0.05) is 50.4 Å². The highest BCUT2D eigenvalue weighted by atomic mass is 35.5. The molecule has 0 amide bonds. The Kier molecular flexibility index (Phi) is 3.22. The van der Waals surface area contributed by atoms with Crippen molar-refractivity contribution in [2.24, 2.45) is 0 Å². The summed E-state index contributed by atoms with van der Waals surface area (Å²) in [5.74, 6) is 0.602. The summed E-state index contributed by atoms with van der Waals surface area (Å²) in [6, 6.07) is 8.51. The van der Waals surface area contributed by atoms with Gasteiger partial charge in [-0.05, 0) is 11.5 Å². The Hall–Kier alpha value is -0.425. The van der Waals surface area contributed by atoms with E-state index in [4.69, 9.17) is 11.5 Å². The molecule has 0 aliphatic carbocycles. The molecule has 0 unspecified atom stereocenters. The maximum absolute atomic E-state index is 5.94. The molecule has 0 nitrogen and oxygen atoms in total. The van der Waals surface area contributed by atoms with E-state index in [2.05, 4.69) is 38.1 Å². The molecule has 0 spiro atoms. The lowest BCUT2D eigenvalue weighted by atomic mass is 9.71. The Balaban J connectivity index is 2.86. The van der Waals surface area contributed by atoms with Gasteiger partial charge >= 0.3 is 0 Å². The van der Waals surface area contributed by atoms with Gasteiger partial charge in [-0.2, -0.15) is 11.5 Å². The molecular formula is C10H14BCl. The van der Waals surface area contributed by atoms with Crippen molar-refractivity contribution in [1.82, 2.24) is 0 Å². The average Bonchev–Trinajstić information content (AvgIpc) is 2.04. The van der Waals surface area contributed by atoms with Crippen molar-refractivity contribution >= 4 is 23.1 Å². The summed E-state index contributed by atoms with van der Waals surface area (Å²) in [6.07, 6.45) is 0.117. The smallest absolute Gasteiger partial charge is 0.189 e. The fourth-order valence-electron chi connectivity index (χ4n) is 1.15. The van der Waals surface area contributed by atoms with E-state index < -0.39 is 0 Å². The summed E-state index contributed by atoms with van der Waals surface area (Å²) < 4.78 is 0. The molecule has 64 valence electrons. The van der Waals surface area contributed by atoms with Crippen LogP contribution in [0.1, 0.15) is 25.3 Å². The van der Waals surface area contributed by atoms with Crippen LogP contribution in [0.2, 0.25) is 6.82 Å². The van der Waals surface area contributed by atoms with Crippen molar-refractivity contribution in [1.29, 1.82) is 0 Å². The van der Waals surface area contributed by atoms with Crippen molar-refractivity contribution < 1.29 is 0 Å². The fourth-order valence-corrected chi connectivity index (χ4v) is 1.29. The summed E-state index contributed by atoms with van der Waals surface area (Å²) >= 11 is 5.94. The van der Waals surface area contributed by atoms with E-state index in [0.29, 0.717) is 5.92 Å². The number of hydrogen-bond donors (Lipinski definition) is 0. The molecule has 0 heterocycles. The first kappa shape index (κ1) is 9.66. The molecule has 12 heavy (non-hydrogen) atoms. The van der Waals surface area contributed by atoms with Crippen molar-refractivity contribution in [2.45, 2.75) is 26.6 Å². The van der Waals surface area contributed by atoms with Crippen molar-refractivity contribution in [3.8, 4) is 0 Å². The Morgan fingerprint density at radius 2 is 1.67 bits per heavy atom. The molecule has 1 aromatic carbocycles. The van der Waals surface area contributed by atoms with Crippen LogP contribution in [0.3, 0.4) is 0 Å². The second-order valence-corrected chi connectivity index (χ2v) is 4.09. The lowest BCUT2D eigenvalue weighted by Crippen LogP contribution is -2.19. The molecule has 0 saturated carbocycles. The van der Waals surface area contributed by atoms with E-state index in [0.717, 1.165) is 0 Å². The van der Waals surface area contributed by atoms with E-state index >= 15 is 0 Å². The van der Waals surface area contributed by atoms with Crippen LogP contribution in [-0.2, 0) is 0 Å². The normalized spacial score (nSPS) is 10.4. The van der Waals surface area contributed by atoms with Crippen molar-refractivity contribution in [3.63, 3.8) is 0 Å². The molecule has 1 rings (SSSR count). The third kappa shape index (κ3) is 2.28. The van der Waals surface area contributed by atoms with Crippen molar-refractivity contribution in [2.75, 3.05) is 0 Å². The Labute approximate surface area is 79.9 Å². The van der Waals surface area contributed by atoms with Gasteiger partial charge in [-0.25, -0.2) is 0 Å². The van der Waals surface area contributed by atoms with Crippen LogP contribution in [0.25, 0.3) is 0 Å². The van der Waals surface area contributed by atoms with Crippen LogP contribution in [0.15, 0.2) is 24.3 Å². The minimum atomic E-state index is 0.117. The molecule has 0 aromatic heterocycles. The van der Waals surface area contributed by atoms with Gasteiger partial charge in [0.1, 0.15) is 0 Å². The van der Waals surface area contributed by atoms with Crippen LogP contribution < -0.4 is 5.46 Å². The molecule has 0 saturated heterocycles. The number of halogens is 1. The molecule has 2 heteroatoms. The number of benzene rings is 1. The monoisotopic (exact) mass is 180 g/mol. The standard InChI is InChI=1S/C10H14BCl/c1-8(2)9-4-6-10(7-5-9)11(3)12/h4-8H,1-3H3. The second-order valence-electron chi connectivity index (χ2n) is 3.44. The van der Waals surface area contributed by atoms with Crippen LogP contribution >= 0.6 is 11.5 Å². The van der Waals surface area contributed by atoms with Crippen molar-refractivity contribution in [3.05, 3.63) is 29.8 Å². The highest BCUT2D eigenvalue weighted by molar-refractivity contribution is 7.13. The largest absolute Gasteiger partial charge is 0.279 e. The zero-order chi connectivity index (χ0) is 9.14. The molecule has 0 atom stereocenters. The maximum Gasteiger partial charge on any atom is 0.279 e. The van der Waals surface area contributed by atoms with E-state index in [1.165, 1.54) is 11.0 Å². The highest BCUT2D eigenvalue weighted by Crippen LogP contribution is 2.12. The average molecular weight is 180 g/mol. The third-order valence-electron chi connectivity index (χ3n) is 2.06. The summed E-state index contributed by atoms with van der Waals surface area (Å²) in [6.45, 7) is 6.38. The molecule has 0 N–H and O–H groups in total. The zero-order valence-corrected chi connectivity index (χ0v) is 8.60. The predicted octanol–water partition coefficient (Wildman–Crippen LogP) is 2.88. The van der Waals surface area contributed by atoms with Crippen LogP contribution in [0, 0.1) is 0 Å². The van der Waals surface area contributed by atoms with Gasteiger partial charge in [-0.3, -0.25) is 0 Å². The number of hydrogen-bond acceptors (Lipinski definition) is 0. The predicted molar refractivity (Wildman–Crippen MR) is 57.6 cm³/mol. The topological polar surface area (TPSA) is 0 Å². The molecule has 0 aliphatic rings. The number of rotatable bonds is 2. The van der Waals surface area contributed by atoms with Gasteiger partial charge in [0, 0.05) is 0 Å². The first-order valence-electron chi connectivity index (χ1n) is 4.35. The van der Waals surface area contributed by atoms with Gasteiger partial charge in [0.2, 0.25) is 0 Å². The SMILES string of the molecule is CB(Cl)c1ccc(C(C)C)cc1. The van der Waals surface area contributed by atoms with Crippen LogP contribution in [0.4, 0.5) is 0 Å². The molecule has 0 fully saturated rings. The van der Waals surface area contributed by atoms with Gasteiger partial charge in [0.15, 0.2) is 0 Å². The molecular weight excluding hydrogens is 166 g/mol. The Morgan fingerprint density at radius 1 is 1.17 bits per heavy atom. The van der Waals surface area contributed by atoms with E-state index in [1.807, 2.05) is 6.82 Å². The Bertz CT molecular complexity index is 212. The summed E-state index contributed by atoms with van der Waals surface area (Å²) in [4.78, 5) is 0. The quantitative estimate of drug-likeness (QED) is 0.614. The van der Waals surface area contributed by atoms with E-state index in [9.17, 15) is 0 Å². The molecule has 0 radical (unpaired) electrons. The maximum atomic E-state index is 5.94. The summed E-state index contributed by atoms with van der Waals surface area (Å²) in [5.41, 5.74) is 2.57. The highest BCUT2D eigenvalue weighted by Gasteiger charge is 2.05. The fraction of sp³-hybridized carbons (Fsp3) is 0.400. The lowest BCUT2D eigenvalue weighted by Gasteiger charge is -2.06. The molecule has 0 bridgehead atoms. The van der Waals surface area contributed by atoms with Gasteiger partial charge in [0.25, 0.3) is 6.13 Å². The minimum absolute atomic E-state index is 0.117. The van der Waals surface area contributed by atoms with Crippen LogP contribution in [0.5, 0.6) is 0 Å². The summed E-state index contributed by atoms with van der Waals surface area (Å²) in [5, 5.41) is 0. The summed E-state index contributed by atoms with van der Waals surface area (Å²) in [7, 11) is 0. The van der Waals surface area contributed by atoms with E-state index in [1.54, 1.807) is 0 Å². The molecule has 0 aliphatic heterocycles. The second kappa shape index (κ2) is 4.00. The first-order valence-corrected chi connectivity index (χ1v) is 4.79. The van der Waals surface area contributed by atoms with Gasteiger partial charge < -0.3 is 0 Å². The minimum Gasteiger partial charge on any atom is -0.189 e.